The van der Waals surface area contributed by atoms with Crippen LogP contribution in [0.4, 0.5) is 0 Å². The number of rotatable bonds is 4. The van der Waals surface area contributed by atoms with Gasteiger partial charge in [-0.15, -0.1) is 0 Å². The Kier molecular flexibility index (Phi) is 4.28. The average Bonchev–Trinajstić information content (AvgIpc) is 2.04. The number of hydrogen-bond donors (Lipinski definition) is 2. The molecule has 0 fully saturated rings. The zero-order chi connectivity index (χ0) is 10.4. The van der Waals surface area contributed by atoms with E-state index in [4.69, 9.17) is 5.53 Å². The number of carbonyl (C=O) groups excluding carboxylic acids is 3. The quantitative estimate of drug-likeness (QED) is 0.257. The zero-order valence-electron chi connectivity index (χ0n) is 7.33. The first-order chi connectivity index (χ1) is 5.99. The number of Topliss-reactive ketones (excluding diaryl/α,β-unsaturated/α-hetero) is 1. The van der Waals surface area contributed by atoms with Crippen molar-refractivity contribution in [3.8, 4) is 0 Å². The lowest BCUT2D eigenvalue weighted by Crippen LogP contribution is -2.32. The third-order valence-corrected chi connectivity index (χ3v) is 1.22. The van der Waals surface area contributed by atoms with Crippen molar-refractivity contribution in [3.05, 3.63) is 0 Å². The second-order valence-corrected chi connectivity index (χ2v) is 2.44. The molecule has 0 saturated heterocycles. The second kappa shape index (κ2) is 4.96. The van der Waals surface area contributed by atoms with E-state index in [1.165, 1.54) is 19.0 Å². The lowest BCUT2D eigenvalue weighted by atomic mass is 10.2. The SMILES string of the molecule is CN(C)C(=O)CC(=O)C(=O)NN=N. The highest BCUT2D eigenvalue weighted by Crippen LogP contribution is 1.89. The maximum absolute atomic E-state index is 10.9. The van der Waals surface area contributed by atoms with E-state index in [1.54, 1.807) is 5.43 Å². The fourth-order valence-corrected chi connectivity index (χ4v) is 0.489. The van der Waals surface area contributed by atoms with Gasteiger partial charge in [0.1, 0.15) is 0 Å². The van der Waals surface area contributed by atoms with E-state index in [1.807, 2.05) is 0 Å². The van der Waals surface area contributed by atoms with Crippen LogP contribution in [-0.2, 0) is 14.4 Å². The van der Waals surface area contributed by atoms with E-state index >= 15 is 0 Å². The molecule has 0 rings (SSSR count). The first-order valence-corrected chi connectivity index (χ1v) is 3.38. The Bertz CT molecular complexity index is 248. The number of carbonyl (C=O) groups is 3. The van der Waals surface area contributed by atoms with Crippen LogP contribution in [0.1, 0.15) is 6.42 Å². The van der Waals surface area contributed by atoms with Gasteiger partial charge in [0.05, 0.1) is 6.42 Å². The van der Waals surface area contributed by atoms with Gasteiger partial charge in [-0.25, -0.2) is 5.43 Å². The van der Waals surface area contributed by atoms with Gasteiger partial charge < -0.3 is 4.90 Å². The van der Waals surface area contributed by atoms with Crippen LogP contribution in [0, 0.1) is 5.53 Å². The Morgan fingerprint density at radius 1 is 1.38 bits per heavy atom. The Balaban J connectivity index is 4.08. The van der Waals surface area contributed by atoms with Gasteiger partial charge in [-0.2, -0.15) is 5.53 Å². The molecule has 0 aliphatic heterocycles. The molecule has 0 aromatic heterocycles. The van der Waals surface area contributed by atoms with Crippen molar-refractivity contribution >= 4 is 17.6 Å². The van der Waals surface area contributed by atoms with Gasteiger partial charge in [0.15, 0.2) is 0 Å². The molecule has 0 heterocycles. The smallest absolute Gasteiger partial charge is 0.309 e. The minimum absolute atomic E-state index is 0.467. The van der Waals surface area contributed by atoms with Crippen molar-refractivity contribution in [2.45, 2.75) is 6.42 Å². The van der Waals surface area contributed by atoms with Crippen LogP contribution in [0.3, 0.4) is 0 Å². The van der Waals surface area contributed by atoms with Gasteiger partial charge in [-0.3, -0.25) is 14.4 Å². The van der Waals surface area contributed by atoms with E-state index in [0.717, 1.165) is 0 Å². The first-order valence-electron chi connectivity index (χ1n) is 3.38. The van der Waals surface area contributed by atoms with Crippen LogP contribution in [-0.4, -0.2) is 36.6 Å². The van der Waals surface area contributed by atoms with Gasteiger partial charge in [0, 0.05) is 14.1 Å². The third-order valence-electron chi connectivity index (χ3n) is 1.22. The normalized spacial score (nSPS) is 8.77. The van der Waals surface area contributed by atoms with E-state index in [-0.39, 0.29) is 0 Å². The molecule has 7 heteroatoms. The van der Waals surface area contributed by atoms with Crippen molar-refractivity contribution in [1.82, 2.24) is 10.3 Å². The molecule has 0 unspecified atom stereocenters. The van der Waals surface area contributed by atoms with E-state index in [9.17, 15) is 14.4 Å². The molecule has 0 saturated carbocycles. The molecule has 0 aliphatic rings. The van der Waals surface area contributed by atoms with Crippen molar-refractivity contribution < 1.29 is 14.4 Å². The summed E-state index contributed by atoms with van der Waals surface area (Å²) in [6, 6.07) is 0. The molecule has 2 N–H and O–H groups in total. The molecule has 0 atom stereocenters. The van der Waals surface area contributed by atoms with E-state index < -0.39 is 24.0 Å². The number of nitrogens with one attached hydrogen (secondary N) is 2. The summed E-state index contributed by atoms with van der Waals surface area (Å²) in [7, 11) is 2.95. The summed E-state index contributed by atoms with van der Waals surface area (Å²) in [6.45, 7) is 0. The van der Waals surface area contributed by atoms with Crippen molar-refractivity contribution in [2.24, 2.45) is 5.22 Å². The summed E-state index contributed by atoms with van der Waals surface area (Å²) in [4.78, 5) is 33.6. The van der Waals surface area contributed by atoms with Crippen LogP contribution >= 0.6 is 0 Å². The molecule has 0 spiro atoms. The summed E-state index contributed by atoms with van der Waals surface area (Å²) in [6.07, 6.45) is -0.506. The van der Waals surface area contributed by atoms with Crippen LogP contribution in [0.25, 0.3) is 0 Å². The fraction of sp³-hybridized carbons (Fsp3) is 0.500. The summed E-state index contributed by atoms with van der Waals surface area (Å²) in [5.74, 6) is -2.43. The Labute approximate surface area is 74.6 Å². The summed E-state index contributed by atoms with van der Waals surface area (Å²) in [5.41, 5.74) is 7.86. The first kappa shape index (κ1) is 11.2. The third kappa shape index (κ3) is 3.94. The van der Waals surface area contributed by atoms with E-state index in [2.05, 4.69) is 5.22 Å². The standard InChI is InChI=1S/C6H10N4O3/c1-10(2)5(12)3-4(11)6(13)8-9-7/h3H2,1-2H3,(H2,7,8,13). The molecule has 0 bridgehead atoms. The predicted octanol–water partition coefficient (Wildman–Crippen LogP) is -0.904. The van der Waals surface area contributed by atoms with Crippen LogP contribution in [0.15, 0.2) is 5.22 Å². The summed E-state index contributed by atoms with van der Waals surface area (Å²) < 4.78 is 0. The van der Waals surface area contributed by atoms with Crippen LogP contribution in [0.2, 0.25) is 0 Å². The predicted molar refractivity (Wildman–Crippen MR) is 41.6 cm³/mol. The minimum Gasteiger partial charge on any atom is -0.348 e. The molecule has 0 aromatic carbocycles. The summed E-state index contributed by atoms with van der Waals surface area (Å²) in [5, 5.41) is 2.51. The number of hydrogen-bond acceptors (Lipinski definition) is 5. The molecular weight excluding hydrogens is 176 g/mol. The molecule has 2 amide bonds. The van der Waals surface area contributed by atoms with Gasteiger partial charge in [0.25, 0.3) is 0 Å². The lowest BCUT2D eigenvalue weighted by molar-refractivity contribution is -0.142. The average molecular weight is 186 g/mol. The van der Waals surface area contributed by atoms with Crippen molar-refractivity contribution in [1.29, 1.82) is 5.53 Å². The zero-order valence-corrected chi connectivity index (χ0v) is 7.33. The van der Waals surface area contributed by atoms with Crippen molar-refractivity contribution in [3.63, 3.8) is 0 Å². The van der Waals surface area contributed by atoms with Gasteiger partial charge in [-0.05, 0) is 0 Å². The van der Waals surface area contributed by atoms with Crippen molar-refractivity contribution in [2.75, 3.05) is 14.1 Å². The molecular formula is C6H10N4O3. The maximum Gasteiger partial charge on any atom is 0.309 e. The Morgan fingerprint density at radius 2 is 1.92 bits per heavy atom. The second-order valence-electron chi connectivity index (χ2n) is 2.44. The molecule has 13 heavy (non-hydrogen) atoms. The highest BCUT2D eigenvalue weighted by Gasteiger charge is 2.18. The highest BCUT2D eigenvalue weighted by molar-refractivity contribution is 6.39. The lowest BCUT2D eigenvalue weighted by Gasteiger charge is -2.07. The number of ketones is 1. The van der Waals surface area contributed by atoms with Gasteiger partial charge in [0.2, 0.25) is 11.7 Å². The molecule has 0 aromatic rings. The van der Waals surface area contributed by atoms with Crippen LogP contribution in [0.5, 0.6) is 0 Å². The molecule has 0 aliphatic carbocycles. The number of nitrogens with zero attached hydrogens (tertiary/aromatic N) is 2. The monoisotopic (exact) mass is 186 g/mol. The summed E-state index contributed by atoms with van der Waals surface area (Å²) >= 11 is 0. The van der Waals surface area contributed by atoms with E-state index in [0.29, 0.717) is 0 Å². The molecule has 0 radical (unpaired) electrons. The minimum atomic E-state index is -1.05. The van der Waals surface area contributed by atoms with Gasteiger partial charge in [-0.1, -0.05) is 5.22 Å². The maximum atomic E-state index is 10.9. The van der Waals surface area contributed by atoms with Gasteiger partial charge >= 0.3 is 5.91 Å². The Morgan fingerprint density at radius 3 is 2.31 bits per heavy atom. The molecule has 72 valence electrons. The van der Waals surface area contributed by atoms with Crippen LogP contribution < -0.4 is 5.43 Å². The number of amides is 2. The topological polar surface area (TPSA) is 103 Å². The highest BCUT2D eigenvalue weighted by atomic mass is 16.2. The largest absolute Gasteiger partial charge is 0.348 e. The Hall–Kier alpha value is -1.79. The fourth-order valence-electron chi connectivity index (χ4n) is 0.489. The molecule has 7 nitrogen and oxygen atoms in total.